The van der Waals surface area contributed by atoms with Gasteiger partial charge in [0, 0.05) is 0 Å². The smallest absolute Gasteiger partial charge is 0.0140 e. The van der Waals surface area contributed by atoms with Gasteiger partial charge in [0.05, 0.1) is 0 Å². The van der Waals surface area contributed by atoms with Gasteiger partial charge in [-0.05, 0) is 25.2 Å². The monoisotopic (exact) mass is 108 g/mol. The molecule has 2 atom stereocenters. The maximum Gasteiger partial charge on any atom is -0.0140 e. The summed E-state index contributed by atoms with van der Waals surface area (Å²) in [6, 6.07) is 0. The molecule has 0 heteroatoms. The number of hydrogen-bond donors (Lipinski definition) is 0. The van der Waals surface area contributed by atoms with Gasteiger partial charge >= 0.3 is 0 Å². The zero-order valence-electron chi connectivity index (χ0n) is 5.35. The van der Waals surface area contributed by atoms with E-state index in [1.807, 2.05) is 6.08 Å². The molecule has 44 valence electrons. The Labute approximate surface area is 50.9 Å². The zero-order chi connectivity index (χ0) is 6.15. The highest BCUT2D eigenvalue weighted by molar-refractivity contribution is 5.13. The van der Waals surface area contributed by atoms with Gasteiger partial charge in [-0.15, -0.1) is 6.58 Å². The van der Waals surface area contributed by atoms with Crippen LogP contribution in [0.4, 0.5) is 0 Å². The van der Waals surface area contributed by atoms with Gasteiger partial charge in [-0.25, -0.2) is 0 Å². The first-order valence-electron chi connectivity index (χ1n) is 3.03. The summed E-state index contributed by atoms with van der Waals surface area (Å²) in [5, 5.41) is 0. The molecule has 0 aromatic carbocycles. The molecule has 0 N–H and O–H groups in total. The van der Waals surface area contributed by atoms with Crippen LogP contribution in [0.3, 0.4) is 0 Å². The molecule has 1 rings (SSSR count). The van der Waals surface area contributed by atoms with Gasteiger partial charge in [0.25, 0.3) is 0 Å². The van der Waals surface area contributed by atoms with E-state index in [2.05, 4.69) is 20.1 Å². The van der Waals surface area contributed by atoms with Gasteiger partial charge in [-0.2, -0.15) is 0 Å². The fourth-order valence-corrected chi connectivity index (χ4v) is 1.04. The third-order valence-corrected chi connectivity index (χ3v) is 1.78. The van der Waals surface area contributed by atoms with Gasteiger partial charge in [0.2, 0.25) is 0 Å². The van der Waals surface area contributed by atoms with E-state index >= 15 is 0 Å². The molecule has 0 bridgehead atoms. The van der Waals surface area contributed by atoms with Crippen molar-refractivity contribution in [2.75, 3.05) is 0 Å². The molecule has 8 heavy (non-hydrogen) atoms. The van der Waals surface area contributed by atoms with Crippen LogP contribution in [-0.2, 0) is 0 Å². The van der Waals surface area contributed by atoms with Crippen LogP contribution in [-0.4, -0.2) is 0 Å². The Hall–Kier alpha value is -0.520. The van der Waals surface area contributed by atoms with Crippen molar-refractivity contribution in [3.8, 4) is 0 Å². The van der Waals surface area contributed by atoms with E-state index in [0.29, 0.717) is 0 Å². The molecule has 1 aliphatic carbocycles. The molecule has 0 amide bonds. The summed E-state index contributed by atoms with van der Waals surface area (Å²) >= 11 is 0. The predicted octanol–water partition coefficient (Wildman–Crippen LogP) is 2.38. The maximum atomic E-state index is 3.87. The van der Waals surface area contributed by atoms with Crippen LogP contribution in [0.5, 0.6) is 0 Å². The highest BCUT2D eigenvalue weighted by atomic mass is 14.4. The van der Waals surface area contributed by atoms with E-state index in [0.717, 1.165) is 11.8 Å². The van der Waals surface area contributed by atoms with Crippen molar-refractivity contribution < 1.29 is 0 Å². The average molecular weight is 108 g/mol. The maximum absolute atomic E-state index is 3.87. The molecule has 1 fully saturated rings. The van der Waals surface area contributed by atoms with E-state index in [-0.39, 0.29) is 0 Å². The van der Waals surface area contributed by atoms with Crippen LogP contribution >= 0.6 is 0 Å². The van der Waals surface area contributed by atoms with Crippen molar-refractivity contribution in [3.63, 3.8) is 0 Å². The quantitative estimate of drug-likeness (QED) is 0.476. The SMILES string of the molecule is C=CC1CC1C(=C)C. The van der Waals surface area contributed by atoms with Crippen LogP contribution in [0, 0.1) is 11.8 Å². The fraction of sp³-hybridized carbons (Fsp3) is 0.500. The molecule has 0 spiro atoms. The highest BCUT2D eigenvalue weighted by Gasteiger charge is 2.34. The topological polar surface area (TPSA) is 0 Å². The molecule has 0 nitrogen and oxygen atoms in total. The Morgan fingerprint density at radius 3 is 2.50 bits per heavy atom. The zero-order valence-corrected chi connectivity index (χ0v) is 5.35. The van der Waals surface area contributed by atoms with Crippen molar-refractivity contribution >= 4 is 0 Å². The summed E-state index contributed by atoms with van der Waals surface area (Å²) in [4.78, 5) is 0. The van der Waals surface area contributed by atoms with Crippen LogP contribution in [0.2, 0.25) is 0 Å². The lowest BCUT2D eigenvalue weighted by Gasteiger charge is -1.88. The summed E-state index contributed by atoms with van der Waals surface area (Å²) in [7, 11) is 0. The molecule has 0 aromatic heterocycles. The number of rotatable bonds is 2. The minimum absolute atomic E-state index is 0.757. The number of allylic oxidation sites excluding steroid dienone is 2. The van der Waals surface area contributed by atoms with Crippen LogP contribution in [0.15, 0.2) is 24.8 Å². The second-order valence-electron chi connectivity index (χ2n) is 2.59. The summed E-state index contributed by atoms with van der Waals surface area (Å²) in [5.74, 6) is 1.53. The molecule has 0 heterocycles. The molecular formula is C8H12. The lowest BCUT2D eigenvalue weighted by Crippen LogP contribution is -1.76. The standard InChI is InChI=1S/C8H12/c1-4-7-5-8(7)6(2)3/h4,7-8H,1-2,5H2,3H3. The van der Waals surface area contributed by atoms with Gasteiger partial charge in [0.1, 0.15) is 0 Å². The Balaban J connectivity index is 2.36. The molecule has 1 aliphatic rings. The van der Waals surface area contributed by atoms with Crippen molar-refractivity contribution in [1.82, 2.24) is 0 Å². The second-order valence-corrected chi connectivity index (χ2v) is 2.59. The highest BCUT2D eigenvalue weighted by Crippen LogP contribution is 2.43. The molecule has 0 aliphatic heterocycles. The Kier molecular flexibility index (Phi) is 1.24. The third-order valence-electron chi connectivity index (χ3n) is 1.78. The summed E-state index contributed by atoms with van der Waals surface area (Å²) in [5.41, 5.74) is 1.31. The molecule has 0 radical (unpaired) electrons. The summed E-state index contributed by atoms with van der Waals surface area (Å²) < 4.78 is 0. The van der Waals surface area contributed by atoms with E-state index in [9.17, 15) is 0 Å². The first kappa shape index (κ1) is 5.61. The first-order chi connectivity index (χ1) is 3.75. The molecule has 2 unspecified atom stereocenters. The lowest BCUT2D eigenvalue weighted by atomic mass is 10.2. The average Bonchev–Trinajstić information content (AvgIpc) is 2.42. The lowest BCUT2D eigenvalue weighted by molar-refractivity contribution is 0.931. The van der Waals surface area contributed by atoms with Crippen LogP contribution in [0.1, 0.15) is 13.3 Å². The van der Waals surface area contributed by atoms with Crippen molar-refractivity contribution in [3.05, 3.63) is 24.8 Å². The van der Waals surface area contributed by atoms with Gasteiger partial charge in [-0.3, -0.25) is 0 Å². The van der Waals surface area contributed by atoms with Gasteiger partial charge in [0.15, 0.2) is 0 Å². The largest absolute Gasteiger partial charge is 0.103 e. The van der Waals surface area contributed by atoms with E-state index in [1.54, 1.807) is 0 Å². The van der Waals surface area contributed by atoms with E-state index < -0.39 is 0 Å². The molecule has 0 saturated heterocycles. The van der Waals surface area contributed by atoms with Gasteiger partial charge < -0.3 is 0 Å². The molecule has 1 saturated carbocycles. The fourth-order valence-electron chi connectivity index (χ4n) is 1.04. The van der Waals surface area contributed by atoms with Crippen LogP contribution < -0.4 is 0 Å². The third kappa shape index (κ3) is 0.835. The minimum Gasteiger partial charge on any atom is -0.103 e. The minimum atomic E-state index is 0.757. The Bertz CT molecular complexity index is 122. The number of hydrogen-bond acceptors (Lipinski definition) is 0. The van der Waals surface area contributed by atoms with Crippen LogP contribution in [0.25, 0.3) is 0 Å². The van der Waals surface area contributed by atoms with E-state index in [4.69, 9.17) is 0 Å². The summed E-state index contributed by atoms with van der Waals surface area (Å²) in [6.07, 6.45) is 3.32. The predicted molar refractivity (Wildman–Crippen MR) is 36.6 cm³/mol. The first-order valence-corrected chi connectivity index (χ1v) is 3.03. The van der Waals surface area contributed by atoms with Crippen molar-refractivity contribution in [1.29, 1.82) is 0 Å². The Morgan fingerprint density at radius 1 is 1.75 bits per heavy atom. The van der Waals surface area contributed by atoms with E-state index in [1.165, 1.54) is 12.0 Å². The molecule has 0 aromatic rings. The normalized spacial score (nSPS) is 34.1. The summed E-state index contributed by atoms with van der Waals surface area (Å²) in [6.45, 7) is 9.67. The van der Waals surface area contributed by atoms with Crippen molar-refractivity contribution in [2.24, 2.45) is 11.8 Å². The van der Waals surface area contributed by atoms with Gasteiger partial charge in [-0.1, -0.05) is 18.2 Å². The molecular weight excluding hydrogens is 96.1 g/mol. The Morgan fingerprint density at radius 2 is 2.38 bits per heavy atom. The second kappa shape index (κ2) is 1.77. The van der Waals surface area contributed by atoms with Crippen molar-refractivity contribution in [2.45, 2.75) is 13.3 Å².